The predicted molar refractivity (Wildman–Crippen MR) is 105 cm³/mol. The Kier molecular flexibility index (Phi) is 4.43. The monoisotopic (exact) mass is 448 g/mol. The molecule has 0 unspecified atom stereocenters. The fraction of sp³-hybridized carbons (Fsp3) is 0.235. The topological polar surface area (TPSA) is 68.1 Å². The van der Waals surface area contributed by atoms with Gasteiger partial charge in [0.1, 0.15) is 21.1 Å². The first-order valence-electron chi connectivity index (χ1n) is 7.98. The minimum Gasteiger partial charge on any atom is -0.497 e. The van der Waals surface area contributed by atoms with Crippen molar-refractivity contribution >= 4 is 45.9 Å². The van der Waals surface area contributed by atoms with Crippen LogP contribution in [0.25, 0.3) is 0 Å². The summed E-state index contributed by atoms with van der Waals surface area (Å²) >= 11 is 2.24. The summed E-state index contributed by atoms with van der Waals surface area (Å²) < 4.78 is 8.27. The first kappa shape index (κ1) is 16.1. The molecule has 1 aromatic carbocycles. The van der Waals surface area contributed by atoms with Crippen LogP contribution in [0.15, 0.2) is 42.6 Å². The second-order valence-electron chi connectivity index (χ2n) is 5.65. The number of hydrogen-bond donors (Lipinski definition) is 1. The lowest BCUT2D eigenvalue weighted by Crippen LogP contribution is -2.28. The lowest BCUT2D eigenvalue weighted by molar-refractivity contribution is 0.415. The first-order chi connectivity index (χ1) is 12.2. The van der Waals surface area contributed by atoms with E-state index in [9.17, 15) is 0 Å². The van der Waals surface area contributed by atoms with Gasteiger partial charge in [-0.15, -0.1) is 0 Å². The van der Waals surface area contributed by atoms with Gasteiger partial charge in [0.25, 0.3) is 0 Å². The molecular formula is C17H17IN6O. The zero-order valence-electron chi connectivity index (χ0n) is 13.7. The maximum atomic E-state index is 5.25. The zero-order valence-corrected chi connectivity index (χ0v) is 15.8. The van der Waals surface area contributed by atoms with Gasteiger partial charge in [0, 0.05) is 37.1 Å². The van der Waals surface area contributed by atoms with E-state index in [1.165, 1.54) is 0 Å². The van der Waals surface area contributed by atoms with Crippen LogP contribution in [0.3, 0.4) is 0 Å². The highest BCUT2D eigenvalue weighted by molar-refractivity contribution is 14.1. The van der Waals surface area contributed by atoms with E-state index >= 15 is 0 Å². The number of halogens is 1. The second kappa shape index (κ2) is 6.87. The number of nitrogens with zero attached hydrogens (tertiary/aromatic N) is 5. The molecule has 0 aliphatic carbocycles. The molecule has 0 fully saturated rings. The fourth-order valence-electron chi connectivity index (χ4n) is 2.87. The molecule has 2 aromatic heterocycles. The molecule has 8 heteroatoms. The van der Waals surface area contributed by atoms with Crippen LogP contribution < -0.4 is 15.0 Å². The zero-order chi connectivity index (χ0) is 17.2. The van der Waals surface area contributed by atoms with Gasteiger partial charge in [-0.05, 0) is 47.2 Å². The SMILES string of the molecule is COc1cccc(Nc2nccc(N3CCCn4nc(I)cc43)n2)c1. The van der Waals surface area contributed by atoms with Crippen molar-refractivity contribution in [3.8, 4) is 5.75 Å². The van der Waals surface area contributed by atoms with E-state index < -0.39 is 0 Å². The number of benzene rings is 1. The van der Waals surface area contributed by atoms with E-state index in [0.717, 1.165) is 46.3 Å². The molecule has 1 aliphatic heterocycles. The van der Waals surface area contributed by atoms with Crippen LogP contribution in [0.5, 0.6) is 5.75 Å². The third kappa shape index (κ3) is 3.39. The minimum atomic E-state index is 0.553. The van der Waals surface area contributed by atoms with Gasteiger partial charge >= 0.3 is 0 Å². The van der Waals surface area contributed by atoms with Crippen molar-refractivity contribution in [2.45, 2.75) is 13.0 Å². The standard InChI is InChI=1S/C17H17IN6O/c1-25-13-5-2-4-12(10-13)20-17-19-7-6-15(21-17)23-8-3-9-24-16(23)11-14(18)22-24/h2,4-7,10-11H,3,8-9H2,1H3,(H,19,20,21). The summed E-state index contributed by atoms with van der Waals surface area (Å²) in [4.78, 5) is 11.2. The number of nitrogens with one attached hydrogen (secondary N) is 1. The molecule has 25 heavy (non-hydrogen) atoms. The number of methoxy groups -OCH3 is 1. The van der Waals surface area contributed by atoms with Crippen molar-refractivity contribution in [1.29, 1.82) is 0 Å². The highest BCUT2D eigenvalue weighted by atomic mass is 127. The third-order valence-corrected chi connectivity index (χ3v) is 4.53. The second-order valence-corrected chi connectivity index (χ2v) is 6.75. The Morgan fingerprint density at radius 2 is 2.12 bits per heavy atom. The fourth-order valence-corrected chi connectivity index (χ4v) is 3.41. The van der Waals surface area contributed by atoms with Crippen LogP contribution in [0.4, 0.5) is 23.3 Å². The molecule has 3 heterocycles. The molecule has 0 saturated carbocycles. The Bertz CT molecular complexity index is 896. The van der Waals surface area contributed by atoms with E-state index in [0.29, 0.717) is 5.95 Å². The van der Waals surface area contributed by atoms with Crippen LogP contribution in [0.2, 0.25) is 0 Å². The first-order valence-corrected chi connectivity index (χ1v) is 9.06. The Labute approximate surface area is 159 Å². The Morgan fingerprint density at radius 3 is 3.00 bits per heavy atom. The molecule has 0 atom stereocenters. The number of aryl methyl sites for hydroxylation is 1. The number of ether oxygens (including phenoxy) is 1. The quantitative estimate of drug-likeness (QED) is 0.616. The number of aromatic nitrogens is 4. The summed E-state index contributed by atoms with van der Waals surface area (Å²) in [6.07, 6.45) is 2.80. The van der Waals surface area contributed by atoms with Crippen LogP contribution in [0, 0.1) is 3.70 Å². The summed E-state index contributed by atoms with van der Waals surface area (Å²) in [7, 11) is 1.65. The van der Waals surface area contributed by atoms with Crippen molar-refractivity contribution in [2.75, 3.05) is 23.9 Å². The molecule has 0 saturated heterocycles. The van der Waals surface area contributed by atoms with Crippen molar-refractivity contribution < 1.29 is 4.74 Å². The molecule has 0 radical (unpaired) electrons. The lowest BCUT2D eigenvalue weighted by Gasteiger charge is -2.28. The summed E-state index contributed by atoms with van der Waals surface area (Å²) in [5.74, 6) is 3.27. The van der Waals surface area contributed by atoms with Gasteiger partial charge in [0.05, 0.1) is 7.11 Å². The Morgan fingerprint density at radius 1 is 1.20 bits per heavy atom. The predicted octanol–water partition coefficient (Wildman–Crippen LogP) is 3.57. The lowest BCUT2D eigenvalue weighted by atomic mass is 10.3. The molecule has 1 N–H and O–H groups in total. The number of anilines is 4. The van der Waals surface area contributed by atoms with Gasteiger partial charge in [0.15, 0.2) is 0 Å². The Balaban J connectivity index is 1.62. The van der Waals surface area contributed by atoms with E-state index in [2.05, 4.69) is 53.9 Å². The molecule has 1 aliphatic rings. The van der Waals surface area contributed by atoms with Gasteiger partial charge in [-0.3, -0.25) is 0 Å². The molecule has 128 valence electrons. The molecule has 0 spiro atoms. The maximum Gasteiger partial charge on any atom is 0.229 e. The van der Waals surface area contributed by atoms with Crippen molar-refractivity contribution in [3.63, 3.8) is 0 Å². The Hall–Kier alpha value is -2.36. The maximum absolute atomic E-state index is 5.25. The molecule has 7 nitrogen and oxygen atoms in total. The minimum absolute atomic E-state index is 0.553. The number of hydrogen-bond acceptors (Lipinski definition) is 6. The number of rotatable bonds is 4. The van der Waals surface area contributed by atoms with E-state index in [-0.39, 0.29) is 0 Å². The van der Waals surface area contributed by atoms with E-state index in [1.807, 2.05) is 35.0 Å². The smallest absolute Gasteiger partial charge is 0.229 e. The highest BCUT2D eigenvalue weighted by Gasteiger charge is 2.21. The van der Waals surface area contributed by atoms with Crippen molar-refractivity contribution in [3.05, 3.63) is 46.3 Å². The summed E-state index contributed by atoms with van der Waals surface area (Å²) in [5, 5.41) is 7.76. The van der Waals surface area contributed by atoms with Crippen LogP contribution in [-0.2, 0) is 6.54 Å². The largest absolute Gasteiger partial charge is 0.497 e. The van der Waals surface area contributed by atoms with Crippen LogP contribution in [0.1, 0.15) is 6.42 Å². The van der Waals surface area contributed by atoms with Gasteiger partial charge in [0.2, 0.25) is 5.95 Å². The van der Waals surface area contributed by atoms with Gasteiger partial charge < -0.3 is 15.0 Å². The molecule has 0 bridgehead atoms. The van der Waals surface area contributed by atoms with E-state index in [1.54, 1.807) is 13.3 Å². The van der Waals surface area contributed by atoms with Gasteiger partial charge in [-0.1, -0.05) is 6.07 Å². The molecule has 0 amide bonds. The van der Waals surface area contributed by atoms with Crippen LogP contribution in [-0.4, -0.2) is 33.4 Å². The van der Waals surface area contributed by atoms with Crippen LogP contribution >= 0.6 is 22.6 Å². The summed E-state index contributed by atoms with van der Waals surface area (Å²) in [5.41, 5.74) is 0.884. The summed E-state index contributed by atoms with van der Waals surface area (Å²) in [6, 6.07) is 11.7. The average Bonchev–Trinajstić information content (AvgIpc) is 3.02. The molecular weight excluding hydrogens is 431 g/mol. The van der Waals surface area contributed by atoms with Gasteiger partial charge in [-0.25, -0.2) is 9.67 Å². The third-order valence-electron chi connectivity index (χ3n) is 4.00. The summed E-state index contributed by atoms with van der Waals surface area (Å²) in [6.45, 7) is 1.85. The van der Waals surface area contributed by atoms with Crippen molar-refractivity contribution in [2.24, 2.45) is 0 Å². The average molecular weight is 448 g/mol. The molecule has 4 rings (SSSR count). The number of fused-ring (bicyclic) bond motifs is 1. The van der Waals surface area contributed by atoms with E-state index in [4.69, 9.17) is 4.74 Å². The normalized spacial score (nSPS) is 13.4. The molecule has 3 aromatic rings. The van der Waals surface area contributed by atoms with Gasteiger partial charge in [-0.2, -0.15) is 10.1 Å². The highest BCUT2D eigenvalue weighted by Crippen LogP contribution is 2.29. The van der Waals surface area contributed by atoms with Crippen molar-refractivity contribution in [1.82, 2.24) is 19.7 Å².